The number of rotatable bonds is 2. The molecule has 0 unspecified atom stereocenters. The number of hydrogen-bond acceptors (Lipinski definition) is 1. The van der Waals surface area contributed by atoms with Crippen molar-refractivity contribution in [2.75, 3.05) is 6.26 Å². The van der Waals surface area contributed by atoms with Crippen molar-refractivity contribution < 1.29 is 0 Å². The van der Waals surface area contributed by atoms with Crippen LogP contribution < -0.4 is 0 Å². The van der Waals surface area contributed by atoms with Gasteiger partial charge in [0.15, 0.2) is 0 Å². The fraction of sp³-hybridized carbons (Fsp3) is 0.0588. The van der Waals surface area contributed by atoms with Crippen molar-refractivity contribution in [1.29, 1.82) is 0 Å². The van der Waals surface area contributed by atoms with Gasteiger partial charge in [0, 0.05) is 5.56 Å². The monoisotopic (exact) mass is 250 g/mol. The van der Waals surface area contributed by atoms with Gasteiger partial charge in [0.2, 0.25) is 0 Å². The Hall–Kier alpha value is -1.91. The van der Waals surface area contributed by atoms with Crippen LogP contribution in [-0.2, 0) is 0 Å². The number of benzene rings is 2. The van der Waals surface area contributed by atoms with E-state index in [2.05, 4.69) is 36.3 Å². The third-order valence-corrected chi connectivity index (χ3v) is 3.08. The van der Waals surface area contributed by atoms with Gasteiger partial charge < -0.3 is 0 Å². The normalized spacial score (nSPS) is 10.6. The first-order chi connectivity index (χ1) is 8.88. The lowest BCUT2D eigenvalue weighted by Gasteiger charge is -1.95. The van der Waals surface area contributed by atoms with E-state index in [4.69, 9.17) is 0 Å². The summed E-state index contributed by atoms with van der Waals surface area (Å²) in [6.07, 6.45) is 4.16. The molecule has 0 spiro atoms. The maximum absolute atomic E-state index is 3.21. The molecule has 0 aliphatic heterocycles. The molecule has 0 N–H and O–H groups in total. The van der Waals surface area contributed by atoms with Gasteiger partial charge in [0.25, 0.3) is 0 Å². The zero-order valence-corrected chi connectivity index (χ0v) is 11.1. The summed E-state index contributed by atoms with van der Waals surface area (Å²) >= 11 is 1.67. The average molecular weight is 250 g/mol. The average Bonchev–Trinajstić information content (AvgIpc) is 2.45. The van der Waals surface area contributed by atoms with E-state index >= 15 is 0 Å². The van der Waals surface area contributed by atoms with Gasteiger partial charge in [0.05, 0.1) is 4.91 Å². The van der Waals surface area contributed by atoms with E-state index in [-0.39, 0.29) is 0 Å². The Morgan fingerprint density at radius 3 is 2.17 bits per heavy atom. The standard InChI is InChI=1S/C17H14S/c1-18-17(14-16-10-6-3-7-11-16)13-12-15-8-4-2-5-9-15/h2-11,14H,1H3/b17-14-. The second kappa shape index (κ2) is 6.74. The van der Waals surface area contributed by atoms with Gasteiger partial charge in [-0.3, -0.25) is 0 Å². The SMILES string of the molecule is CS/C(C#Cc1ccccc1)=C\c1ccccc1. The molecule has 0 nitrogen and oxygen atoms in total. The number of hydrogen-bond donors (Lipinski definition) is 0. The molecule has 2 aromatic rings. The molecular weight excluding hydrogens is 236 g/mol. The van der Waals surface area contributed by atoms with Crippen LogP contribution in [0.25, 0.3) is 6.08 Å². The number of allylic oxidation sites excluding steroid dienone is 1. The predicted octanol–water partition coefficient (Wildman–Crippen LogP) is 4.44. The zero-order chi connectivity index (χ0) is 12.6. The zero-order valence-electron chi connectivity index (χ0n) is 10.3. The van der Waals surface area contributed by atoms with Crippen molar-refractivity contribution in [3.63, 3.8) is 0 Å². The molecule has 0 aromatic heterocycles. The van der Waals surface area contributed by atoms with Crippen molar-refractivity contribution in [2.24, 2.45) is 0 Å². The van der Waals surface area contributed by atoms with Crippen LogP contribution in [-0.4, -0.2) is 6.26 Å². The minimum absolute atomic E-state index is 1.05. The summed E-state index contributed by atoms with van der Waals surface area (Å²) in [5.41, 5.74) is 2.23. The molecule has 1 heteroatoms. The Bertz CT molecular complexity index is 571. The minimum atomic E-state index is 1.05. The third kappa shape index (κ3) is 3.84. The second-order valence-corrected chi connectivity index (χ2v) is 4.59. The van der Waals surface area contributed by atoms with Crippen LogP contribution in [0, 0.1) is 11.8 Å². The minimum Gasteiger partial charge on any atom is -0.121 e. The maximum Gasteiger partial charge on any atom is 0.0580 e. The van der Waals surface area contributed by atoms with Gasteiger partial charge in [-0.25, -0.2) is 0 Å². The van der Waals surface area contributed by atoms with Gasteiger partial charge >= 0.3 is 0 Å². The lowest BCUT2D eigenvalue weighted by atomic mass is 10.2. The first-order valence-corrected chi connectivity index (χ1v) is 6.99. The Labute approximate surface area is 113 Å². The van der Waals surface area contributed by atoms with Crippen LogP contribution in [0.4, 0.5) is 0 Å². The van der Waals surface area contributed by atoms with E-state index in [0.717, 1.165) is 10.5 Å². The van der Waals surface area contributed by atoms with Crippen LogP contribution in [0.1, 0.15) is 11.1 Å². The maximum atomic E-state index is 3.21. The Morgan fingerprint density at radius 1 is 0.944 bits per heavy atom. The van der Waals surface area contributed by atoms with Crippen LogP contribution >= 0.6 is 11.8 Å². The fourth-order valence-electron chi connectivity index (χ4n) is 1.50. The summed E-state index contributed by atoms with van der Waals surface area (Å²) in [6, 6.07) is 20.3. The highest BCUT2D eigenvalue weighted by atomic mass is 32.2. The first kappa shape index (κ1) is 12.5. The van der Waals surface area contributed by atoms with E-state index < -0.39 is 0 Å². The number of thioether (sulfide) groups is 1. The van der Waals surface area contributed by atoms with Gasteiger partial charge in [0.1, 0.15) is 0 Å². The van der Waals surface area contributed by atoms with Crippen molar-refractivity contribution >= 4 is 17.8 Å². The third-order valence-electron chi connectivity index (χ3n) is 2.42. The molecule has 0 fully saturated rings. The van der Waals surface area contributed by atoms with Crippen LogP contribution in [0.2, 0.25) is 0 Å². The van der Waals surface area contributed by atoms with Crippen molar-refractivity contribution in [3.8, 4) is 11.8 Å². The smallest absolute Gasteiger partial charge is 0.0580 e. The molecule has 0 aliphatic carbocycles. The molecule has 0 saturated heterocycles. The summed E-state index contributed by atoms with van der Waals surface area (Å²) in [5.74, 6) is 6.39. The molecule has 0 bridgehead atoms. The van der Waals surface area contributed by atoms with Gasteiger partial charge in [-0.05, 0) is 30.0 Å². The topological polar surface area (TPSA) is 0 Å². The molecule has 88 valence electrons. The predicted molar refractivity (Wildman–Crippen MR) is 81.3 cm³/mol. The molecule has 2 rings (SSSR count). The molecule has 0 amide bonds. The van der Waals surface area contributed by atoms with Gasteiger partial charge in [-0.15, -0.1) is 11.8 Å². The molecule has 0 saturated carbocycles. The first-order valence-electron chi connectivity index (χ1n) is 5.76. The van der Waals surface area contributed by atoms with E-state index in [1.54, 1.807) is 11.8 Å². The van der Waals surface area contributed by atoms with Crippen molar-refractivity contribution in [2.45, 2.75) is 0 Å². The molecule has 0 heterocycles. The lowest BCUT2D eigenvalue weighted by molar-refractivity contribution is 1.65. The Morgan fingerprint density at radius 2 is 1.56 bits per heavy atom. The van der Waals surface area contributed by atoms with E-state index in [1.807, 2.05) is 48.5 Å². The lowest BCUT2D eigenvalue weighted by Crippen LogP contribution is -1.75. The Kier molecular flexibility index (Phi) is 4.69. The van der Waals surface area contributed by atoms with Crippen LogP contribution in [0.3, 0.4) is 0 Å². The Balaban J connectivity index is 2.21. The van der Waals surface area contributed by atoms with Crippen molar-refractivity contribution in [1.82, 2.24) is 0 Å². The molecule has 18 heavy (non-hydrogen) atoms. The van der Waals surface area contributed by atoms with E-state index in [1.165, 1.54) is 5.56 Å². The largest absolute Gasteiger partial charge is 0.121 e. The van der Waals surface area contributed by atoms with Crippen LogP contribution in [0.15, 0.2) is 65.6 Å². The molecule has 2 aromatic carbocycles. The second-order valence-electron chi connectivity index (χ2n) is 3.74. The van der Waals surface area contributed by atoms with E-state index in [9.17, 15) is 0 Å². The molecule has 0 aliphatic rings. The molecule has 0 atom stereocenters. The van der Waals surface area contributed by atoms with Gasteiger partial charge in [-0.2, -0.15) is 0 Å². The molecular formula is C17H14S. The highest BCUT2D eigenvalue weighted by Crippen LogP contribution is 2.15. The van der Waals surface area contributed by atoms with Gasteiger partial charge in [-0.1, -0.05) is 60.4 Å². The fourth-order valence-corrected chi connectivity index (χ4v) is 1.91. The highest BCUT2D eigenvalue weighted by Gasteiger charge is 1.91. The quantitative estimate of drug-likeness (QED) is 0.710. The molecule has 0 radical (unpaired) electrons. The summed E-state index contributed by atoms with van der Waals surface area (Å²) in [6.45, 7) is 0. The summed E-state index contributed by atoms with van der Waals surface area (Å²) in [7, 11) is 0. The van der Waals surface area contributed by atoms with Crippen molar-refractivity contribution in [3.05, 3.63) is 76.7 Å². The highest BCUT2D eigenvalue weighted by molar-refractivity contribution is 8.02. The summed E-state index contributed by atoms with van der Waals surface area (Å²) in [5, 5.41) is 0. The van der Waals surface area contributed by atoms with Crippen LogP contribution in [0.5, 0.6) is 0 Å². The summed E-state index contributed by atoms with van der Waals surface area (Å²) < 4.78 is 0. The summed E-state index contributed by atoms with van der Waals surface area (Å²) in [4.78, 5) is 1.07. The van der Waals surface area contributed by atoms with E-state index in [0.29, 0.717) is 0 Å².